The smallest absolute Gasteiger partial charge is 0.203 e. The summed E-state index contributed by atoms with van der Waals surface area (Å²) in [6.45, 7) is 5.45. The van der Waals surface area contributed by atoms with Crippen LogP contribution in [0.5, 0.6) is 17.2 Å². The van der Waals surface area contributed by atoms with Crippen molar-refractivity contribution in [3.8, 4) is 17.2 Å². The normalized spacial score (nSPS) is 24.9. The van der Waals surface area contributed by atoms with Crippen LogP contribution >= 0.6 is 0 Å². The summed E-state index contributed by atoms with van der Waals surface area (Å²) in [5.41, 5.74) is 1.10. The van der Waals surface area contributed by atoms with E-state index >= 15 is 0 Å². The molecule has 3 unspecified atom stereocenters. The van der Waals surface area contributed by atoms with E-state index in [2.05, 4.69) is 19.2 Å². The first-order valence-corrected chi connectivity index (χ1v) is 7.63. The Balaban J connectivity index is 2.13. The van der Waals surface area contributed by atoms with Gasteiger partial charge in [-0.05, 0) is 30.7 Å². The molecule has 0 saturated heterocycles. The lowest BCUT2D eigenvalue weighted by molar-refractivity contribution is 0.319. The molecule has 0 bridgehead atoms. The summed E-state index contributed by atoms with van der Waals surface area (Å²) in [5.74, 6) is 3.63. The number of ether oxygens (including phenoxy) is 3. The zero-order valence-electron chi connectivity index (χ0n) is 13.7. The van der Waals surface area contributed by atoms with Crippen molar-refractivity contribution in [1.82, 2.24) is 5.32 Å². The Morgan fingerprint density at radius 1 is 1.00 bits per heavy atom. The second-order valence-electron chi connectivity index (χ2n) is 5.89. The third-order valence-electron chi connectivity index (χ3n) is 4.81. The molecule has 1 aromatic carbocycles. The molecule has 1 N–H and O–H groups in total. The molecule has 1 aliphatic carbocycles. The van der Waals surface area contributed by atoms with E-state index in [9.17, 15) is 0 Å². The second kappa shape index (κ2) is 7.03. The minimum atomic E-state index is 0.581. The van der Waals surface area contributed by atoms with Crippen LogP contribution in [0.4, 0.5) is 0 Å². The van der Waals surface area contributed by atoms with Crippen molar-refractivity contribution in [1.29, 1.82) is 0 Å². The molecule has 0 heterocycles. The Bertz CT molecular complexity index is 475. The first-order chi connectivity index (χ1) is 10.1. The lowest BCUT2D eigenvalue weighted by Crippen LogP contribution is -2.32. The van der Waals surface area contributed by atoms with Crippen molar-refractivity contribution in [2.24, 2.45) is 11.8 Å². The molecule has 1 aliphatic rings. The molecule has 4 heteroatoms. The monoisotopic (exact) mass is 293 g/mol. The van der Waals surface area contributed by atoms with Gasteiger partial charge in [0, 0.05) is 18.2 Å². The van der Waals surface area contributed by atoms with E-state index in [1.165, 1.54) is 12.8 Å². The first kappa shape index (κ1) is 16.0. The maximum absolute atomic E-state index is 5.53. The highest BCUT2D eigenvalue weighted by Gasteiger charge is 2.29. The van der Waals surface area contributed by atoms with E-state index in [-0.39, 0.29) is 0 Å². The van der Waals surface area contributed by atoms with Crippen LogP contribution in [0.1, 0.15) is 32.3 Å². The van der Waals surface area contributed by atoms with Gasteiger partial charge in [0.2, 0.25) is 5.75 Å². The number of hydrogen-bond donors (Lipinski definition) is 1. The largest absolute Gasteiger partial charge is 0.493 e. The summed E-state index contributed by atoms with van der Waals surface area (Å²) >= 11 is 0. The molecular formula is C17H27NO3. The van der Waals surface area contributed by atoms with Gasteiger partial charge >= 0.3 is 0 Å². The first-order valence-electron chi connectivity index (χ1n) is 7.63. The fourth-order valence-electron chi connectivity index (χ4n) is 3.20. The minimum Gasteiger partial charge on any atom is -0.493 e. The van der Waals surface area contributed by atoms with Gasteiger partial charge in [0.05, 0.1) is 21.3 Å². The molecule has 0 spiro atoms. The molecule has 1 saturated carbocycles. The lowest BCUT2D eigenvalue weighted by Gasteiger charge is -2.21. The van der Waals surface area contributed by atoms with Gasteiger partial charge in [-0.2, -0.15) is 0 Å². The molecule has 3 atom stereocenters. The minimum absolute atomic E-state index is 0.581. The standard InChI is InChI=1S/C17H27NO3/c1-11-6-8-14(12(11)2)18-10-13-7-9-15(19-3)17(21-5)16(13)20-4/h7,9,11-12,14,18H,6,8,10H2,1-5H3. The van der Waals surface area contributed by atoms with Gasteiger partial charge in [0.15, 0.2) is 11.5 Å². The van der Waals surface area contributed by atoms with Crippen molar-refractivity contribution >= 4 is 0 Å². The van der Waals surface area contributed by atoms with Crippen molar-refractivity contribution in [3.63, 3.8) is 0 Å². The maximum atomic E-state index is 5.53. The fourth-order valence-corrected chi connectivity index (χ4v) is 3.20. The number of rotatable bonds is 6. The predicted octanol–water partition coefficient (Wildman–Crippen LogP) is 3.24. The van der Waals surface area contributed by atoms with Crippen LogP contribution in [0.25, 0.3) is 0 Å². The van der Waals surface area contributed by atoms with Gasteiger partial charge in [-0.3, -0.25) is 0 Å². The number of nitrogens with one attached hydrogen (secondary N) is 1. The Labute approximate surface area is 127 Å². The highest BCUT2D eigenvalue weighted by Crippen LogP contribution is 2.40. The molecule has 0 amide bonds. The Hall–Kier alpha value is -1.42. The summed E-state index contributed by atoms with van der Waals surface area (Å²) in [6.07, 6.45) is 2.56. The summed E-state index contributed by atoms with van der Waals surface area (Å²) in [4.78, 5) is 0. The molecule has 1 aromatic rings. The third kappa shape index (κ3) is 3.26. The van der Waals surface area contributed by atoms with Gasteiger partial charge in [-0.15, -0.1) is 0 Å². The third-order valence-corrected chi connectivity index (χ3v) is 4.81. The molecule has 0 radical (unpaired) electrons. The fraction of sp³-hybridized carbons (Fsp3) is 0.647. The zero-order chi connectivity index (χ0) is 15.4. The molecule has 21 heavy (non-hydrogen) atoms. The maximum Gasteiger partial charge on any atom is 0.203 e. The summed E-state index contributed by atoms with van der Waals surface area (Å²) in [7, 11) is 4.94. The van der Waals surface area contributed by atoms with Gasteiger partial charge in [-0.1, -0.05) is 19.9 Å². The van der Waals surface area contributed by atoms with Gasteiger partial charge in [0.1, 0.15) is 0 Å². The Morgan fingerprint density at radius 2 is 1.71 bits per heavy atom. The van der Waals surface area contributed by atoms with Crippen LogP contribution in [0.3, 0.4) is 0 Å². The molecule has 0 aliphatic heterocycles. The van der Waals surface area contributed by atoms with E-state index < -0.39 is 0 Å². The van der Waals surface area contributed by atoms with E-state index in [1.807, 2.05) is 12.1 Å². The SMILES string of the molecule is COc1ccc(CNC2CCC(C)C2C)c(OC)c1OC. The van der Waals surface area contributed by atoms with Crippen molar-refractivity contribution in [2.45, 2.75) is 39.3 Å². The van der Waals surface area contributed by atoms with Crippen LogP contribution in [-0.4, -0.2) is 27.4 Å². The van der Waals surface area contributed by atoms with Crippen LogP contribution < -0.4 is 19.5 Å². The van der Waals surface area contributed by atoms with E-state index in [1.54, 1.807) is 21.3 Å². The highest BCUT2D eigenvalue weighted by atomic mass is 16.5. The average molecular weight is 293 g/mol. The number of hydrogen-bond acceptors (Lipinski definition) is 4. The Morgan fingerprint density at radius 3 is 2.24 bits per heavy atom. The number of methoxy groups -OCH3 is 3. The van der Waals surface area contributed by atoms with Crippen LogP contribution in [0.15, 0.2) is 12.1 Å². The highest BCUT2D eigenvalue weighted by molar-refractivity contribution is 5.55. The van der Waals surface area contributed by atoms with Crippen molar-refractivity contribution in [2.75, 3.05) is 21.3 Å². The topological polar surface area (TPSA) is 39.7 Å². The molecule has 2 rings (SSSR count). The summed E-state index contributed by atoms with van der Waals surface area (Å²) < 4.78 is 16.3. The molecule has 1 fully saturated rings. The van der Waals surface area contributed by atoms with Crippen LogP contribution in [0.2, 0.25) is 0 Å². The van der Waals surface area contributed by atoms with Crippen LogP contribution in [-0.2, 0) is 6.54 Å². The summed E-state index contributed by atoms with van der Waals surface area (Å²) in [6, 6.07) is 4.55. The molecule has 118 valence electrons. The summed E-state index contributed by atoms with van der Waals surface area (Å²) in [5, 5.41) is 3.67. The van der Waals surface area contributed by atoms with Gasteiger partial charge < -0.3 is 19.5 Å². The molecular weight excluding hydrogens is 266 g/mol. The van der Waals surface area contributed by atoms with E-state index in [0.717, 1.165) is 29.7 Å². The van der Waals surface area contributed by atoms with Gasteiger partial charge in [-0.25, -0.2) is 0 Å². The van der Waals surface area contributed by atoms with E-state index in [0.29, 0.717) is 17.5 Å². The quantitative estimate of drug-likeness (QED) is 0.874. The molecule has 0 aromatic heterocycles. The second-order valence-corrected chi connectivity index (χ2v) is 5.89. The molecule has 4 nitrogen and oxygen atoms in total. The van der Waals surface area contributed by atoms with E-state index in [4.69, 9.17) is 14.2 Å². The zero-order valence-corrected chi connectivity index (χ0v) is 13.7. The number of benzene rings is 1. The Kier molecular flexibility index (Phi) is 5.34. The van der Waals surface area contributed by atoms with Gasteiger partial charge in [0.25, 0.3) is 0 Å². The predicted molar refractivity (Wildman–Crippen MR) is 84.3 cm³/mol. The van der Waals surface area contributed by atoms with Crippen LogP contribution in [0, 0.1) is 11.8 Å². The van der Waals surface area contributed by atoms with Crippen molar-refractivity contribution in [3.05, 3.63) is 17.7 Å². The lowest BCUT2D eigenvalue weighted by atomic mass is 9.97. The van der Waals surface area contributed by atoms with Crippen molar-refractivity contribution < 1.29 is 14.2 Å². The average Bonchev–Trinajstić information content (AvgIpc) is 2.83.